The molecule has 0 bridgehead atoms. The normalized spacial score (nSPS) is 11.8. The van der Waals surface area contributed by atoms with Crippen molar-refractivity contribution >= 4 is 28.2 Å². The minimum Gasteiger partial charge on any atom is -0.347 e. The van der Waals surface area contributed by atoms with Gasteiger partial charge in [0.2, 0.25) is 0 Å². The van der Waals surface area contributed by atoms with Crippen LogP contribution in [0.4, 0.5) is 19.0 Å². The third-order valence-electron chi connectivity index (χ3n) is 3.05. The van der Waals surface area contributed by atoms with E-state index in [1.54, 1.807) is 25.3 Å². The number of aromatic nitrogens is 1. The van der Waals surface area contributed by atoms with E-state index in [4.69, 9.17) is 11.6 Å². The number of hydrogen-bond acceptors (Lipinski definition) is 2. The van der Waals surface area contributed by atoms with E-state index in [-0.39, 0.29) is 12.4 Å². The molecule has 0 spiro atoms. The van der Waals surface area contributed by atoms with Gasteiger partial charge in [0, 0.05) is 24.0 Å². The van der Waals surface area contributed by atoms with Crippen molar-refractivity contribution in [3.05, 3.63) is 36.0 Å². The summed E-state index contributed by atoms with van der Waals surface area (Å²) in [6.07, 6.45) is -2.71. The summed E-state index contributed by atoms with van der Waals surface area (Å²) in [6, 6.07) is 7.24. The Bertz CT molecular complexity index is 598. The van der Waals surface area contributed by atoms with Crippen LogP contribution in [0.5, 0.6) is 0 Å². The number of hydrogen-bond donors (Lipinski definition) is 0. The molecule has 0 amide bonds. The van der Waals surface area contributed by atoms with Gasteiger partial charge >= 0.3 is 6.18 Å². The molecule has 0 radical (unpaired) electrons. The monoisotopic (exact) mass is 302 g/mol. The molecular weight excluding hydrogens is 289 g/mol. The van der Waals surface area contributed by atoms with Crippen molar-refractivity contribution in [3.63, 3.8) is 0 Å². The maximum atomic E-state index is 12.6. The van der Waals surface area contributed by atoms with E-state index in [2.05, 4.69) is 4.98 Å². The third-order valence-corrected chi connectivity index (χ3v) is 3.34. The lowest BCUT2D eigenvalue weighted by molar-refractivity contribution is -0.119. The summed E-state index contributed by atoms with van der Waals surface area (Å²) in [5, 5.41) is 1.53. The van der Waals surface area contributed by atoms with Crippen LogP contribution in [0.25, 0.3) is 10.8 Å². The molecule has 1 heterocycles. The van der Waals surface area contributed by atoms with E-state index in [0.717, 1.165) is 10.9 Å². The van der Waals surface area contributed by atoms with Crippen molar-refractivity contribution in [3.8, 4) is 0 Å². The molecule has 2 aromatic rings. The van der Waals surface area contributed by atoms with E-state index in [0.29, 0.717) is 11.2 Å². The predicted molar refractivity (Wildman–Crippen MR) is 75.2 cm³/mol. The number of fused-ring (bicyclic) bond motifs is 1. The molecule has 0 atom stereocenters. The van der Waals surface area contributed by atoms with Crippen LogP contribution >= 0.6 is 11.6 Å². The highest BCUT2D eigenvalue weighted by Crippen LogP contribution is 2.29. The first kappa shape index (κ1) is 14.9. The van der Waals surface area contributed by atoms with Crippen LogP contribution in [0.3, 0.4) is 0 Å². The molecule has 0 unspecified atom stereocenters. The highest BCUT2D eigenvalue weighted by atomic mass is 35.5. The van der Waals surface area contributed by atoms with Gasteiger partial charge in [0.25, 0.3) is 0 Å². The lowest BCUT2D eigenvalue weighted by Crippen LogP contribution is -2.34. The Morgan fingerprint density at radius 2 is 1.85 bits per heavy atom. The van der Waals surface area contributed by atoms with E-state index < -0.39 is 12.7 Å². The first-order chi connectivity index (χ1) is 9.46. The van der Waals surface area contributed by atoms with Crippen molar-refractivity contribution in [1.82, 2.24) is 4.98 Å². The van der Waals surface area contributed by atoms with Gasteiger partial charge in [-0.2, -0.15) is 13.2 Å². The SMILES string of the molecule is CCN(CC(F)(F)F)c1ncc(CCl)c2ccccc12. The van der Waals surface area contributed by atoms with Gasteiger partial charge in [-0.1, -0.05) is 24.3 Å². The van der Waals surface area contributed by atoms with Crippen molar-refractivity contribution in [2.24, 2.45) is 0 Å². The summed E-state index contributed by atoms with van der Waals surface area (Å²) in [7, 11) is 0. The second-order valence-electron chi connectivity index (χ2n) is 4.42. The van der Waals surface area contributed by atoms with Gasteiger partial charge < -0.3 is 4.90 Å². The molecule has 0 aliphatic heterocycles. The van der Waals surface area contributed by atoms with Gasteiger partial charge in [0.15, 0.2) is 0 Å². The Labute approximate surface area is 120 Å². The van der Waals surface area contributed by atoms with Gasteiger partial charge in [-0.15, -0.1) is 11.6 Å². The number of anilines is 1. The van der Waals surface area contributed by atoms with Crippen molar-refractivity contribution < 1.29 is 13.2 Å². The summed E-state index contributed by atoms with van der Waals surface area (Å²) in [5.74, 6) is 0.619. The largest absolute Gasteiger partial charge is 0.405 e. The van der Waals surface area contributed by atoms with Crippen LogP contribution < -0.4 is 4.90 Å². The molecule has 0 saturated carbocycles. The van der Waals surface area contributed by atoms with Crippen molar-refractivity contribution in [2.75, 3.05) is 18.0 Å². The Balaban J connectivity index is 2.53. The Morgan fingerprint density at radius 1 is 1.20 bits per heavy atom. The van der Waals surface area contributed by atoms with Crippen LogP contribution in [0, 0.1) is 0 Å². The van der Waals surface area contributed by atoms with Crippen molar-refractivity contribution in [2.45, 2.75) is 19.0 Å². The molecule has 6 heteroatoms. The highest BCUT2D eigenvalue weighted by Gasteiger charge is 2.31. The molecule has 2 nitrogen and oxygen atoms in total. The lowest BCUT2D eigenvalue weighted by Gasteiger charge is -2.25. The van der Waals surface area contributed by atoms with Crippen LogP contribution in [-0.2, 0) is 5.88 Å². The number of rotatable bonds is 4. The molecule has 0 aliphatic carbocycles. The molecule has 20 heavy (non-hydrogen) atoms. The summed E-state index contributed by atoms with van der Waals surface area (Å²) in [6.45, 7) is 0.898. The second-order valence-corrected chi connectivity index (χ2v) is 4.68. The zero-order valence-electron chi connectivity index (χ0n) is 10.9. The van der Waals surface area contributed by atoms with Gasteiger partial charge in [-0.3, -0.25) is 0 Å². The van der Waals surface area contributed by atoms with Crippen molar-refractivity contribution in [1.29, 1.82) is 0 Å². The number of benzene rings is 1. The topological polar surface area (TPSA) is 16.1 Å². The zero-order chi connectivity index (χ0) is 14.8. The van der Waals surface area contributed by atoms with E-state index >= 15 is 0 Å². The highest BCUT2D eigenvalue weighted by molar-refractivity contribution is 6.18. The molecule has 0 saturated heterocycles. The maximum absolute atomic E-state index is 12.6. The Hall–Kier alpha value is -1.49. The molecular formula is C14H14ClF3N2. The predicted octanol–water partition coefficient (Wildman–Crippen LogP) is 4.36. The number of pyridine rings is 1. The fourth-order valence-corrected chi connectivity index (χ4v) is 2.36. The van der Waals surface area contributed by atoms with Gasteiger partial charge in [-0.05, 0) is 17.9 Å². The molecule has 1 aromatic heterocycles. The average molecular weight is 303 g/mol. The lowest BCUT2D eigenvalue weighted by atomic mass is 10.1. The summed E-state index contributed by atoms with van der Waals surface area (Å²) in [4.78, 5) is 5.40. The number of halogens is 4. The van der Waals surface area contributed by atoms with E-state index in [1.807, 2.05) is 12.1 Å². The number of alkyl halides is 4. The van der Waals surface area contributed by atoms with Gasteiger partial charge in [0.05, 0.1) is 0 Å². The fraction of sp³-hybridized carbons (Fsp3) is 0.357. The molecule has 1 aromatic carbocycles. The fourth-order valence-electron chi connectivity index (χ4n) is 2.15. The maximum Gasteiger partial charge on any atom is 0.405 e. The summed E-state index contributed by atoms with van der Waals surface area (Å²) in [5.41, 5.74) is 0.814. The first-order valence-corrected chi connectivity index (χ1v) is 6.74. The van der Waals surface area contributed by atoms with E-state index in [9.17, 15) is 13.2 Å². The zero-order valence-corrected chi connectivity index (χ0v) is 11.7. The van der Waals surface area contributed by atoms with Gasteiger partial charge in [0.1, 0.15) is 12.4 Å². The third kappa shape index (κ3) is 3.15. The molecule has 0 fully saturated rings. The average Bonchev–Trinajstić information content (AvgIpc) is 2.42. The van der Waals surface area contributed by atoms with Crippen LogP contribution in [0.2, 0.25) is 0 Å². The quantitative estimate of drug-likeness (QED) is 0.780. The molecule has 108 valence electrons. The Morgan fingerprint density at radius 3 is 2.40 bits per heavy atom. The smallest absolute Gasteiger partial charge is 0.347 e. The molecule has 0 N–H and O–H groups in total. The number of nitrogens with zero attached hydrogens (tertiary/aromatic N) is 2. The summed E-state index contributed by atoms with van der Waals surface area (Å²) >= 11 is 5.84. The van der Waals surface area contributed by atoms with Crippen LogP contribution in [0.1, 0.15) is 12.5 Å². The van der Waals surface area contributed by atoms with Crippen LogP contribution in [0.15, 0.2) is 30.5 Å². The van der Waals surface area contributed by atoms with Crippen LogP contribution in [-0.4, -0.2) is 24.2 Å². The van der Waals surface area contributed by atoms with Gasteiger partial charge in [-0.25, -0.2) is 4.98 Å². The standard InChI is InChI=1S/C14H14ClF3N2/c1-2-20(9-14(16,17)18)13-12-6-4-3-5-11(12)10(7-15)8-19-13/h3-6,8H,2,7,9H2,1H3. The van der Waals surface area contributed by atoms with E-state index in [1.165, 1.54) is 4.90 Å². The molecule has 2 rings (SSSR count). The molecule has 0 aliphatic rings. The second kappa shape index (κ2) is 5.87. The minimum atomic E-state index is -4.26. The first-order valence-electron chi connectivity index (χ1n) is 6.20. The summed E-state index contributed by atoms with van der Waals surface area (Å²) < 4.78 is 37.9. The Kier molecular flexibility index (Phi) is 4.38. The minimum absolute atomic E-state index is 0.233.